The van der Waals surface area contributed by atoms with Crippen LogP contribution in [0.15, 0.2) is 78.9 Å². The van der Waals surface area contributed by atoms with Crippen molar-refractivity contribution in [2.24, 2.45) is 35.5 Å². The number of hydrogen-bond donors (Lipinski definition) is 0. The number of hydrogen-bond acceptors (Lipinski definition) is 8. The molecular weight excluding hydrogens is 637 g/mol. The molecule has 4 aliphatic carbocycles. The van der Waals surface area contributed by atoms with E-state index < -0.39 is 52.8 Å². The summed E-state index contributed by atoms with van der Waals surface area (Å²) in [6, 6.07) is 14.5. The molecule has 1 saturated heterocycles. The molecule has 3 fully saturated rings. The number of carbonyl (C=O) groups is 5. The minimum Gasteiger partial charge on any atom is -0.423 e. The molecule has 5 aliphatic rings. The summed E-state index contributed by atoms with van der Waals surface area (Å²) in [7, 11) is 0. The Bertz CT molecular complexity index is 1840. The van der Waals surface area contributed by atoms with Crippen molar-refractivity contribution in [3.05, 3.63) is 116 Å². The first-order chi connectivity index (χ1) is 22.0. The molecule has 1 aliphatic heterocycles. The highest BCUT2D eigenvalue weighted by atomic mass is 35.5. The van der Waals surface area contributed by atoms with Crippen LogP contribution in [-0.2, 0) is 9.59 Å². The Balaban J connectivity index is 1.14. The summed E-state index contributed by atoms with van der Waals surface area (Å²) < 4.78 is 5.37. The summed E-state index contributed by atoms with van der Waals surface area (Å²) in [6.45, 7) is -0.665. The molecule has 2 bridgehead atoms. The SMILES string of the molecule is O=C(CN(C(=O)c1ccc([N+](=O)[O-])cc1)N1C(=O)[C@@H]2[C@H]3C=C[C@@H]([C@@H]4C[C@H]34)[C@@H]2C1=O)c1ccc(OC(=O)c2ccc(Cl)cc2Cl)cc1. The van der Waals surface area contributed by atoms with E-state index in [4.69, 9.17) is 27.9 Å². The van der Waals surface area contributed by atoms with Gasteiger partial charge in [-0.3, -0.25) is 29.3 Å². The highest BCUT2D eigenvalue weighted by molar-refractivity contribution is 6.36. The molecule has 46 heavy (non-hydrogen) atoms. The number of non-ortho nitro benzene ring substituents is 1. The van der Waals surface area contributed by atoms with Crippen molar-refractivity contribution in [1.82, 2.24) is 10.0 Å². The summed E-state index contributed by atoms with van der Waals surface area (Å²) in [6.07, 6.45) is 4.95. The minimum atomic E-state index is -0.834. The van der Waals surface area contributed by atoms with Gasteiger partial charge in [-0.25, -0.2) is 9.80 Å². The van der Waals surface area contributed by atoms with E-state index >= 15 is 0 Å². The highest BCUT2D eigenvalue weighted by Crippen LogP contribution is 2.65. The van der Waals surface area contributed by atoms with Gasteiger partial charge in [0.1, 0.15) is 12.3 Å². The molecule has 3 aromatic rings. The fourth-order valence-corrected chi connectivity index (χ4v) is 7.53. The van der Waals surface area contributed by atoms with Crippen LogP contribution in [0, 0.1) is 45.6 Å². The Labute approximate surface area is 271 Å². The third-order valence-corrected chi connectivity index (χ3v) is 9.82. The number of imide groups is 1. The van der Waals surface area contributed by atoms with Crippen LogP contribution in [-0.4, -0.2) is 51.0 Å². The predicted octanol–water partition coefficient (Wildman–Crippen LogP) is 5.41. The molecule has 0 aromatic heterocycles. The average molecular weight is 660 g/mol. The van der Waals surface area contributed by atoms with Crippen molar-refractivity contribution in [2.45, 2.75) is 6.42 Å². The molecule has 8 rings (SSSR count). The molecule has 2 saturated carbocycles. The first-order valence-electron chi connectivity index (χ1n) is 14.5. The molecule has 1 heterocycles. The maximum atomic E-state index is 13.9. The molecule has 6 atom stereocenters. The number of carbonyl (C=O) groups excluding carboxylic acids is 5. The Hall–Kier alpha value is -4.87. The number of rotatable bonds is 8. The maximum Gasteiger partial charge on any atom is 0.345 e. The van der Waals surface area contributed by atoms with E-state index in [1.54, 1.807) is 0 Å². The van der Waals surface area contributed by atoms with Gasteiger partial charge in [-0.15, -0.1) is 0 Å². The maximum absolute atomic E-state index is 13.9. The summed E-state index contributed by atoms with van der Waals surface area (Å²) in [5, 5.41) is 13.3. The average Bonchev–Trinajstić information content (AvgIpc) is 3.82. The van der Waals surface area contributed by atoms with Crippen LogP contribution in [0.2, 0.25) is 10.0 Å². The van der Waals surface area contributed by atoms with E-state index in [2.05, 4.69) is 0 Å². The van der Waals surface area contributed by atoms with Gasteiger partial charge in [0.05, 0.1) is 27.3 Å². The number of benzene rings is 3. The van der Waals surface area contributed by atoms with Gasteiger partial charge in [-0.05, 0) is 84.7 Å². The van der Waals surface area contributed by atoms with Crippen LogP contribution in [0.3, 0.4) is 0 Å². The Kier molecular flexibility index (Phi) is 7.25. The van der Waals surface area contributed by atoms with Gasteiger partial charge in [0.15, 0.2) is 5.78 Å². The number of nitro benzene ring substituents is 1. The van der Waals surface area contributed by atoms with Crippen molar-refractivity contribution in [2.75, 3.05) is 6.54 Å². The second kappa shape index (κ2) is 11.2. The molecule has 0 spiro atoms. The summed E-state index contributed by atoms with van der Waals surface area (Å²) in [5.74, 6) is -3.92. The van der Waals surface area contributed by atoms with Crippen LogP contribution >= 0.6 is 23.2 Å². The lowest BCUT2D eigenvalue weighted by molar-refractivity contribution is -0.384. The number of nitrogens with zero attached hydrogens (tertiary/aromatic N) is 3. The molecular formula is C33H23Cl2N3O8. The number of halogens is 2. The normalized spacial score (nSPS) is 25.1. The smallest absolute Gasteiger partial charge is 0.345 e. The van der Waals surface area contributed by atoms with Crippen molar-refractivity contribution >= 4 is 58.4 Å². The van der Waals surface area contributed by atoms with Gasteiger partial charge >= 0.3 is 5.97 Å². The number of allylic oxidation sites excluding steroid dienone is 2. The van der Waals surface area contributed by atoms with Crippen LogP contribution in [0.5, 0.6) is 5.75 Å². The molecule has 0 radical (unpaired) electrons. The largest absolute Gasteiger partial charge is 0.423 e. The zero-order valence-electron chi connectivity index (χ0n) is 23.7. The van der Waals surface area contributed by atoms with Crippen LogP contribution in [0.1, 0.15) is 37.5 Å². The first-order valence-corrected chi connectivity index (χ1v) is 15.2. The van der Waals surface area contributed by atoms with E-state index in [1.807, 2.05) is 12.2 Å². The van der Waals surface area contributed by atoms with E-state index in [0.29, 0.717) is 16.9 Å². The van der Waals surface area contributed by atoms with Gasteiger partial charge in [0, 0.05) is 28.3 Å². The van der Waals surface area contributed by atoms with Crippen LogP contribution < -0.4 is 4.74 Å². The van der Waals surface area contributed by atoms with Crippen LogP contribution in [0.4, 0.5) is 5.69 Å². The number of ether oxygens (including phenoxy) is 1. The zero-order valence-corrected chi connectivity index (χ0v) is 25.3. The van der Waals surface area contributed by atoms with Crippen molar-refractivity contribution < 1.29 is 33.6 Å². The second-order valence-electron chi connectivity index (χ2n) is 11.8. The topological polar surface area (TPSA) is 144 Å². The molecule has 11 nitrogen and oxygen atoms in total. The second-order valence-corrected chi connectivity index (χ2v) is 12.6. The number of esters is 1. The van der Waals surface area contributed by atoms with Gasteiger partial charge < -0.3 is 4.74 Å². The molecule has 232 valence electrons. The van der Waals surface area contributed by atoms with E-state index in [0.717, 1.165) is 28.6 Å². The van der Waals surface area contributed by atoms with Crippen molar-refractivity contribution in [3.8, 4) is 5.75 Å². The van der Waals surface area contributed by atoms with Gasteiger partial charge in [-0.2, -0.15) is 5.01 Å². The third-order valence-electron chi connectivity index (χ3n) is 9.27. The fourth-order valence-electron chi connectivity index (χ4n) is 7.04. The quantitative estimate of drug-likeness (QED) is 0.0593. The van der Waals surface area contributed by atoms with Crippen molar-refractivity contribution in [3.63, 3.8) is 0 Å². The third kappa shape index (κ3) is 4.96. The van der Waals surface area contributed by atoms with Crippen molar-refractivity contribution in [1.29, 1.82) is 0 Å². The molecule has 3 aromatic carbocycles. The lowest BCUT2D eigenvalue weighted by Gasteiger charge is -2.37. The number of ketones is 1. The Morgan fingerprint density at radius 1 is 0.870 bits per heavy atom. The van der Waals surface area contributed by atoms with Gasteiger partial charge in [0.25, 0.3) is 23.4 Å². The standard InChI is InChI=1S/C33H23Cl2N3O8/c34-18-5-10-23(26(35)13-18)33(43)46-20-8-3-16(4-9-20)27(39)15-36(30(40)17-1-6-19(7-2-17)38(44)45)37-31(41)28-21-11-12-22(25-14-24(21)25)29(28)32(37)42/h1-13,21-22,24-25,28-29H,14-15H2/t21-,22-,24-,25+,28-,29+/m0/s1. The predicted molar refractivity (Wildman–Crippen MR) is 163 cm³/mol. The number of hydrazine groups is 1. The lowest BCUT2D eigenvalue weighted by Crippen LogP contribution is -2.52. The highest BCUT2D eigenvalue weighted by Gasteiger charge is 2.68. The minimum absolute atomic E-state index is 0.0408. The van der Waals surface area contributed by atoms with Gasteiger partial charge in [-0.1, -0.05) is 35.4 Å². The number of amides is 3. The van der Waals surface area contributed by atoms with E-state index in [1.165, 1.54) is 54.6 Å². The Morgan fingerprint density at radius 3 is 2.02 bits per heavy atom. The monoisotopic (exact) mass is 659 g/mol. The Morgan fingerprint density at radius 2 is 1.46 bits per heavy atom. The molecule has 0 N–H and O–H groups in total. The molecule has 13 heteroatoms. The summed E-state index contributed by atoms with van der Waals surface area (Å²) in [5.41, 5.74) is -0.0844. The molecule has 3 amide bonds. The zero-order chi connectivity index (χ0) is 32.4. The van der Waals surface area contributed by atoms with E-state index in [9.17, 15) is 34.1 Å². The van der Waals surface area contributed by atoms with E-state index in [-0.39, 0.29) is 45.0 Å². The molecule has 0 unspecified atom stereocenters. The number of nitro groups is 1. The lowest BCUT2D eigenvalue weighted by atomic mass is 9.63. The first kappa shape index (κ1) is 29.8. The fraction of sp³-hybridized carbons (Fsp3) is 0.242. The number of Topliss-reactive ketones (excluding diaryl/α,β-unsaturated/α-hetero) is 1. The van der Waals surface area contributed by atoms with Gasteiger partial charge in [0.2, 0.25) is 0 Å². The summed E-state index contributed by atoms with van der Waals surface area (Å²) in [4.78, 5) is 78.3. The van der Waals surface area contributed by atoms with Crippen LogP contribution in [0.25, 0.3) is 0 Å². The summed E-state index contributed by atoms with van der Waals surface area (Å²) >= 11 is 12.0.